The van der Waals surface area contributed by atoms with Crippen LogP contribution in [0.2, 0.25) is 15.1 Å². The third-order valence-corrected chi connectivity index (χ3v) is 5.08. The van der Waals surface area contributed by atoms with Crippen molar-refractivity contribution in [2.45, 2.75) is 6.61 Å². The van der Waals surface area contributed by atoms with Crippen molar-refractivity contribution in [1.82, 2.24) is 0 Å². The second-order valence-electron chi connectivity index (χ2n) is 6.43. The van der Waals surface area contributed by atoms with Crippen LogP contribution in [0.3, 0.4) is 0 Å². The van der Waals surface area contributed by atoms with Crippen LogP contribution in [0.4, 0.5) is 0 Å². The molecular formula is C23H14Cl3NO3. The lowest BCUT2D eigenvalue weighted by atomic mass is 10.2. The molecule has 150 valence electrons. The molecule has 1 heterocycles. The Morgan fingerprint density at radius 2 is 1.60 bits per heavy atom. The Balaban J connectivity index is 1.56. The van der Waals surface area contributed by atoms with Crippen molar-refractivity contribution in [3.8, 4) is 5.75 Å². The predicted octanol–water partition coefficient (Wildman–Crippen LogP) is 6.57. The molecule has 1 aliphatic heterocycles. The molecule has 3 aromatic rings. The molecule has 0 radical (unpaired) electrons. The predicted molar refractivity (Wildman–Crippen MR) is 119 cm³/mol. The normalized spacial score (nSPS) is 14.6. The second-order valence-corrected chi connectivity index (χ2v) is 7.68. The van der Waals surface area contributed by atoms with Gasteiger partial charge in [0, 0.05) is 10.6 Å². The highest BCUT2D eigenvalue weighted by atomic mass is 35.5. The topological polar surface area (TPSA) is 47.9 Å². The lowest BCUT2D eigenvalue weighted by molar-refractivity contribution is -0.129. The number of rotatable bonds is 5. The highest BCUT2D eigenvalue weighted by Crippen LogP contribution is 2.36. The van der Waals surface area contributed by atoms with E-state index in [4.69, 9.17) is 44.3 Å². The molecule has 0 spiro atoms. The minimum Gasteiger partial charge on any atom is -0.486 e. The first kappa shape index (κ1) is 20.5. The monoisotopic (exact) mass is 457 g/mol. The minimum atomic E-state index is -0.559. The van der Waals surface area contributed by atoms with Crippen LogP contribution in [0.1, 0.15) is 16.7 Å². The summed E-state index contributed by atoms with van der Waals surface area (Å²) in [6.07, 6.45) is 1.56. The molecule has 30 heavy (non-hydrogen) atoms. The molecular weight excluding hydrogens is 445 g/mol. The number of carbonyl (C=O) groups excluding carboxylic acids is 1. The molecule has 4 nitrogen and oxygen atoms in total. The summed E-state index contributed by atoms with van der Waals surface area (Å²) < 4.78 is 11.0. The molecule has 0 amide bonds. The Kier molecular flexibility index (Phi) is 6.09. The number of cyclic esters (lactones) is 1. The van der Waals surface area contributed by atoms with Gasteiger partial charge >= 0.3 is 5.97 Å². The van der Waals surface area contributed by atoms with Gasteiger partial charge in [-0.05, 0) is 53.6 Å². The van der Waals surface area contributed by atoms with Gasteiger partial charge in [-0.1, -0.05) is 65.1 Å². The first-order valence-electron chi connectivity index (χ1n) is 8.94. The molecule has 4 rings (SSSR count). The van der Waals surface area contributed by atoms with E-state index >= 15 is 0 Å². The minimum absolute atomic E-state index is 0.144. The Bertz CT molecular complexity index is 1130. The molecule has 1 aliphatic rings. The maximum Gasteiger partial charge on any atom is 0.363 e. The molecule has 0 fully saturated rings. The van der Waals surface area contributed by atoms with Gasteiger partial charge in [-0.15, -0.1) is 0 Å². The number of ether oxygens (including phenoxy) is 2. The first-order chi connectivity index (χ1) is 14.5. The van der Waals surface area contributed by atoms with Crippen LogP contribution in [-0.2, 0) is 16.1 Å². The Morgan fingerprint density at radius 1 is 0.933 bits per heavy atom. The summed E-state index contributed by atoms with van der Waals surface area (Å²) in [4.78, 5) is 16.5. The van der Waals surface area contributed by atoms with Gasteiger partial charge in [0.05, 0.1) is 10.0 Å². The molecule has 7 heteroatoms. The third-order valence-electron chi connectivity index (χ3n) is 4.26. The lowest BCUT2D eigenvalue weighted by Crippen LogP contribution is -2.05. The fraction of sp³-hybridized carbons (Fsp3) is 0.0435. The van der Waals surface area contributed by atoms with Gasteiger partial charge in [-0.3, -0.25) is 0 Å². The summed E-state index contributed by atoms with van der Waals surface area (Å²) in [6, 6.07) is 19.8. The van der Waals surface area contributed by atoms with E-state index in [0.29, 0.717) is 38.6 Å². The molecule has 0 aromatic heterocycles. The van der Waals surface area contributed by atoms with Crippen LogP contribution < -0.4 is 4.74 Å². The van der Waals surface area contributed by atoms with Crippen molar-refractivity contribution < 1.29 is 14.3 Å². The van der Waals surface area contributed by atoms with E-state index in [2.05, 4.69) is 4.99 Å². The molecule has 0 atom stereocenters. The van der Waals surface area contributed by atoms with E-state index < -0.39 is 5.97 Å². The quantitative estimate of drug-likeness (QED) is 0.321. The lowest BCUT2D eigenvalue weighted by Gasteiger charge is -2.11. The standard InChI is InChI=1S/C23H14Cl3NO3/c24-17-8-6-16(7-9-17)22-27-20(23(28)30-22)12-15-10-18(25)21(19(26)11-15)29-13-14-4-2-1-3-5-14/h1-12H,13H2. The van der Waals surface area contributed by atoms with Crippen LogP contribution in [0.5, 0.6) is 5.75 Å². The zero-order valence-electron chi connectivity index (χ0n) is 15.4. The van der Waals surface area contributed by atoms with E-state index in [9.17, 15) is 4.79 Å². The summed E-state index contributed by atoms with van der Waals surface area (Å²) >= 11 is 18.6. The number of carbonyl (C=O) groups is 1. The zero-order valence-corrected chi connectivity index (χ0v) is 17.7. The van der Waals surface area contributed by atoms with Crippen LogP contribution in [0.25, 0.3) is 6.08 Å². The largest absolute Gasteiger partial charge is 0.486 e. The van der Waals surface area contributed by atoms with Crippen molar-refractivity contribution in [2.24, 2.45) is 4.99 Å². The number of benzene rings is 3. The first-order valence-corrected chi connectivity index (χ1v) is 10.1. The van der Waals surface area contributed by atoms with Crippen LogP contribution >= 0.6 is 34.8 Å². The van der Waals surface area contributed by atoms with Gasteiger partial charge < -0.3 is 9.47 Å². The van der Waals surface area contributed by atoms with Crippen LogP contribution in [-0.4, -0.2) is 11.9 Å². The van der Waals surface area contributed by atoms with Gasteiger partial charge in [-0.2, -0.15) is 0 Å². The molecule has 0 saturated heterocycles. The van der Waals surface area contributed by atoms with Crippen LogP contribution in [0.15, 0.2) is 77.4 Å². The van der Waals surface area contributed by atoms with E-state index in [1.165, 1.54) is 0 Å². The van der Waals surface area contributed by atoms with E-state index in [-0.39, 0.29) is 11.6 Å². The van der Waals surface area contributed by atoms with Crippen molar-refractivity contribution in [1.29, 1.82) is 0 Å². The molecule has 3 aromatic carbocycles. The molecule has 0 N–H and O–H groups in total. The van der Waals surface area contributed by atoms with Crippen molar-refractivity contribution in [2.75, 3.05) is 0 Å². The maximum atomic E-state index is 12.2. The fourth-order valence-corrected chi connectivity index (χ4v) is 3.55. The summed E-state index contributed by atoms with van der Waals surface area (Å²) in [5, 5.41) is 1.25. The van der Waals surface area contributed by atoms with E-state index in [1.807, 2.05) is 30.3 Å². The Morgan fingerprint density at radius 3 is 2.27 bits per heavy atom. The van der Waals surface area contributed by atoms with Crippen molar-refractivity contribution >= 4 is 52.7 Å². The number of hydrogen-bond donors (Lipinski definition) is 0. The zero-order chi connectivity index (χ0) is 21.1. The van der Waals surface area contributed by atoms with E-state index in [1.54, 1.807) is 42.5 Å². The number of nitrogens with zero attached hydrogens (tertiary/aromatic N) is 1. The number of esters is 1. The van der Waals surface area contributed by atoms with Gasteiger partial charge in [0.15, 0.2) is 11.4 Å². The number of halogens is 3. The number of aliphatic imine (C=N–C) groups is 1. The average molecular weight is 459 g/mol. The molecule has 0 aliphatic carbocycles. The van der Waals surface area contributed by atoms with Gasteiger partial charge in [-0.25, -0.2) is 9.79 Å². The summed E-state index contributed by atoms with van der Waals surface area (Å²) in [5.41, 5.74) is 2.39. The highest BCUT2D eigenvalue weighted by molar-refractivity contribution is 6.37. The fourth-order valence-electron chi connectivity index (χ4n) is 2.81. The molecule has 0 saturated carbocycles. The third kappa shape index (κ3) is 4.68. The smallest absolute Gasteiger partial charge is 0.363 e. The maximum absolute atomic E-state index is 12.2. The van der Waals surface area contributed by atoms with Gasteiger partial charge in [0.2, 0.25) is 5.90 Å². The number of hydrogen-bond acceptors (Lipinski definition) is 4. The summed E-state index contributed by atoms with van der Waals surface area (Å²) in [5.74, 6) is 0.0308. The van der Waals surface area contributed by atoms with Crippen LogP contribution in [0, 0.1) is 0 Å². The molecule has 0 bridgehead atoms. The van der Waals surface area contributed by atoms with Gasteiger partial charge in [0.1, 0.15) is 6.61 Å². The van der Waals surface area contributed by atoms with E-state index in [0.717, 1.165) is 5.56 Å². The highest BCUT2D eigenvalue weighted by Gasteiger charge is 2.24. The average Bonchev–Trinajstić information content (AvgIpc) is 3.09. The Hall–Kier alpha value is -2.79. The summed E-state index contributed by atoms with van der Waals surface area (Å²) in [6.45, 7) is 0.335. The second kappa shape index (κ2) is 8.92. The molecule has 0 unspecified atom stereocenters. The van der Waals surface area contributed by atoms with Gasteiger partial charge in [0.25, 0.3) is 0 Å². The Labute approximate surface area is 188 Å². The van der Waals surface area contributed by atoms with Crippen molar-refractivity contribution in [3.05, 3.63) is 104 Å². The SMILES string of the molecule is O=C1OC(c2ccc(Cl)cc2)=NC1=Cc1cc(Cl)c(OCc2ccccc2)c(Cl)c1. The van der Waals surface area contributed by atoms with Crippen molar-refractivity contribution in [3.63, 3.8) is 0 Å². The summed E-state index contributed by atoms with van der Waals surface area (Å²) in [7, 11) is 0.